The van der Waals surface area contributed by atoms with Crippen LogP contribution in [0.5, 0.6) is 0 Å². The molecular weight excluding hydrogens is 418 g/mol. The summed E-state index contributed by atoms with van der Waals surface area (Å²) >= 11 is 1.40. The number of carbonyl (C=O) groups excluding carboxylic acids is 1. The second-order valence-electron chi connectivity index (χ2n) is 8.05. The van der Waals surface area contributed by atoms with Crippen molar-refractivity contribution in [1.29, 1.82) is 0 Å². The average Bonchev–Trinajstić information content (AvgIpc) is 3.46. The van der Waals surface area contributed by atoms with E-state index in [1.165, 1.54) is 11.3 Å². The molecule has 0 spiro atoms. The first-order valence-corrected chi connectivity index (χ1v) is 12.5. The molecule has 1 unspecified atom stereocenters. The van der Waals surface area contributed by atoms with Gasteiger partial charge in [-0.15, -0.1) is 0 Å². The number of aromatic nitrogens is 2. The molecule has 2 aromatic heterocycles. The van der Waals surface area contributed by atoms with Crippen molar-refractivity contribution in [3.8, 4) is 5.13 Å². The predicted octanol–water partition coefficient (Wildman–Crippen LogP) is 3.85. The van der Waals surface area contributed by atoms with Gasteiger partial charge in [-0.05, 0) is 56.9 Å². The molecule has 2 bridgehead atoms. The lowest BCUT2D eigenvalue weighted by atomic mass is 10.0. The zero-order valence-electron chi connectivity index (χ0n) is 16.6. The second kappa shape index (κ2) is 7.35. The lowest BCUT2D eigenvalue weighted by Crippen LogP contribution is -2.49. The first kappa shape index (κ1) is 19.5. The largest absolute Gasteiger partial charge is 0.332 e. The van der Waals surface area contributed by atoms with E-state index in [1.807, 2.05) is 47.0 Å². The van der Waals surface area contributed by atoms with E-state index in [2.05, 4.69) is 4.98 Å². The topological polar surface area (TPSA) is 72.3 Å². The molecule has 1 amide bonds. The second-order valence-corrected chi connectivity index (χ2v) is 11.3. The Morgan fingerprint density at radius 2 is 1.67 bits per heavy atom. The van der Waals surface area contributed by atoms with Gasteiger partial charge in [0.1, 0.15) is 4.88 Å². The molecule has 2 aliphatic heterocycles. The molecule has 2 aliphatic rings. The Morgan fingerprint density at radius 3 is 2.30 bits per heavy atom. The number of aryl methyl sites for hydroxylation is 1. The fraction of sp³-hybridized carbons (Fsp3) is 0.364. The van der Waals surface area contributed by atoms with Gasteiger partial charge in [-0.25, -0.2) is 13.4 Å². The van der Waals surface area contributed by atoms with Crippen LogP contribution in [0.1, 0.15) is 41.0 Å². The Bertz CT molecular complexity index is 1160. The molecule has 156 valence electrons. The van der Waals surface area contributed by atoms with Crippen LogP contribution in [0.15, 0.2) is 59.8 Å². The quantitative estimate of drug-likeness (QED) is 0.616. The summed E-state index contributed by atoms with van der Waals surface area (Å²) in [6.45, 7) is 1.87. The van der Waals surface area contributed by atoms with E-state index in [0.29, 0.717) is 22.6 Å². The zero-order valence-corrected chi connectivity index (χ0v) is 18.3. The van der Waals surface area contributed by atoms with E-state index in [-0.39, 0.29) is 18.0 Å². The van der Waals surface area contributed by atoms with Gasteiger partial charge >= 0.3 is 0 Å². The molecule has 0 saturated carbocycles. The number of piperidine rings is 1. The Labute approximate surface area is 180 Å². The number of carbonyl (C=O) groups is 1. The molecule has 1 aromatic carbocycles. The fourth-order valence-electron chi connectivity index (χ4n) is 4.79. The van der Waals surface area contributed by atoms with Crippen LogP contribution in [-0.4, -0.2) is 46.1 Å². The van der Waals surface area contributed by atoms with Gasteiger partial charge in [-0.3, -0.25) is 4.79 Å². The van der Waals surface area contributed by atoms with Crippen molar-refractivity contribution < 1.29 is 13.2 Å². The van der Waals surface area contributed by atoms with Crippen LogP contribution in [0.3, 0.4) is 0 Å². The summed E-state index contributed by atoms with van der Waals surface area (Å²) in [5.74, 6) is -0.00790. The normalized spacial score (nSPS) is 23.6. The van der Waals surface area contributed by atoms with Crippen LogP contribution in [-0.2, 0) is 9.84 Å². The molecule has 4 heterocycles. The Morgan fingerprint density at radius 1 is 1.03 bits per heavy atom. The van der Waals surface area contributed by atoms with Crippen LogP contribution in [0, 0.1) is 6.92 Å². The highest BCUT2D eigenvalue weighted by Crippen LogP contribution is 2.41. The zero-order chi connectivity index (χ0) is 20.9. The molecule has 8 heteroatoms. The van der Waals surface area contributed by atoms with E-state index in [1.54, 1.807) is 24.3 Å². The van der Waals surface area contributed by atoms with Gasteiger partial charge in [0.15, 0.2) is 15.0 Å². The fourth-order valence-corrected chi connectivity index (χ4v) is 7.64. The monoisotopic (exact) mass is 441 g/mol. The summed E-state index contributed by atoms with van der Waals surface area (Å²) < 4.78 is 28.2. The molecule has 0 N–H and O–H groups in total. The van der Waals surface area contributed by atoms with Crippen molar-refractivity contribution in [2.24, 2.45) is 0 Å². The highest BCUT2D eigenvalue weighted by Gasteiger charge is 2.47. The molecule has 2 saturated heterocycles. The lowest BCUT2D eigenvalue weighted by molar-refractivity contribution is 0.0602. The first-order chi connectivity index (χ1) is 14.4. The third-order valence-electron chi connectivity index (χ3n) is 6.24. The van der Waals surface area contributed by atoms with Gasteiger partial charge in [-0.1, -0.05) is 29.5 Å². The van der Waals surface area contributed by atoms with Crippen LogP contribution in [0.2, 0.25) is 0 Å². The number of hydrogen-bond donors (Lipinski definition) is 0. The standard InChI is InChI=1S/C22H23N3O3S2/c1-15-20(29-22(23-15)24-11-5-6-12-24)21(26)25-16-9-10-17(25)14-19(13-16)30(27,28)18-7-3-2-4-8-18/h2-8,11-12,16-17,19H,9-10,13-14H2,1H3/t16-,17+,19?. The SMILES string of the molecule is Cc1nc(-n2cccc2)sc1C(=O)N1[C@@H]2CC[C@H]1CC(S(=O)(=O)c1ccccc1)C2. The van der Waals surface area contributed by atoms with Crippen molar-refractivity contribution in [3.05, 3.63) is 65.4 Å². The molecule has 3 aromatic rings. The Hall–Kier alpha value is -2.45. The molecule has 6 nitrogen and oxygen atoms in total. The maximum atomic E-state index is 13.4. The van der Waals surface area contributed by atoms with E-state index >= 15 is 0 Å². The summed E-state index contributed by atoms with van der Waals surface area (Å²) in [4.78, 5) is 21.0. The molecule has 30 heavy (non-hydrogen) atoms. The molecule has 5 rings (SSSR count). The van der Waals surface area contributed by atoms with E-state index in [4.69, 9.17) is 0 Å². The van der Waals surface area contributed by atoms with Gasteiger partial charge in [0.05, 0.1) is 15.8 Å². The number of amides is 1. The summed E-state index contributed by atoms with van der Waals surface area (Å²) in [6.07, 6.45) is 6.55. The minimum absolute atomic E-state index is 0.00790. The molecule has 0 radical (unpaired) electrons. The Balaban J connectivity index is 1.39. The molecule has 3 atom stereocenters. The third kappa shape index (κ3) is 3.18. The first-order valence-electron chi connectivity index (χ1n) is 10.2. The van der Waals surface area contributed by atoms with Crippen molar-refractivity contribution in [1.82, 2.24) is 14.5 Å². The number of rotatable bonds is 4. The van der Waals surface area contributed by atoms with Crippen LogP contribution in [0.25, 0.3) is 5.13 Å². The highest BCUT2D eigenvalue weighted by atomic mass is 32.2. The van der Waals surface area contributed by atoms with Crippen LogP contribution >= 0.6 is 11.3 Å². The van der Waals surface area contributed by atoms with Gasteiger partial charge in [-0.2, -0.15) is 0 Å². The van der Waals surface area contributed by atoms with Crippen molar-refractivity contribution in [2.45, 2.75) is 54.8 Å². The maximum Gasteiger partial charge on any atom is 0.266 e. The van der Waals surface area contributed by atoms with Crippen LogP contribution < -0.4 is 0 Å². The Kier molecular flexibility index (Phi) is 4.78. The summed E-state index contributed by atoms with van der Waals surface area (Å²) in [5, 5.41) is 0.342. The minimum atomic E-state index is -3.39. The van der Waals surface area contributed by atoms with Crippen molar-refractivity contribution in [3.63, 3.8) is 0 Å². The van der Waals surface area contributed by atoms with Gasteiger partial charge in [0.2, 0.25) is 0 Å². The van der Waals surface area contributed by atoms with E-state index in [0.717, 1.165) is 23.7 Å². The smallest absolute Gasteiger partial charge is 0.266 e. The van der Waals surface area contributed by atoms with E-state index in [9.17, 15) is 13.2 Å². The minimum Gasteiger partial charge on any atom is -0.332 e. The number of sulfone groups is 1. The summed E-state index contributed by atoms with van der Waals surface area (Å²) in [7, 11) is -3.39. The summed E-state index contributed by atoms with van der Waals surface area (Å²) in [5.41, 5.74) is 0.729. The van der Waals surface area contributed by atoms with Gasteiger partial charge in [0, 0.05) is 24.5 Å². The predicted molar refractivity (Wildman–Crippen MR) is 116 cm³/mol. The highest BCUT2D eigenvalue weighted by molar-refractivity contribution is 7.92. The number of benzene rings is 1. The molecule has 2 fully saturated rings. The van der Waals surface area contributed by atoms with Crippen molar-refractivity contribution in [2.75, 3.05) is 0 Å². The number of thiazole rings is 1. The van der Waals surface area contributed by atoms with E-state index < -0.39 is 15.1 Å². The van der Waals surface area contributed by atoms with Crippen LogP contribution in [0.4, 0.5) is 0 Å². The molecule has 0 aliphatic carbocycles. The van der Waals surface area contributed by atoms with Crippen molar-refractivity contribution >= 4 is 27.1 Å². The van der Waals surface area contributed by atoms with Gasteiger partial charge < -0.3 is 9.47 Å². The number of nitrogens with zero attached hydrogens (tertiary/aromatic N) is 3. The number of fused-ring (bicyclic) bond motifs is 2. The third-order valence-corrected chi connectivity index (χ3v) is 9.59. The van der Waals surface area contributed by atoms with Gasteiger partial charge in [0.25, 0.3) is 5.91 Å². The maximum absolute atomic E-state index is 13.4. The number of hydrogen-bond acceptors (Lipinski definition) is 5. The average molecular weight is 442 g/mol. The molecular formula is C22H23N3O3S2. The lowest BCUT2D eigenvalue weighted by Gasteiger charge is -2.38. The summed E-state index contributed by atoms with van der Waals surface area (Å²) in [6, 6.07) is 12.5.